The Bertz CT molecular complexity index is 386. The number of nitrogens with one attached hydrogen (secondary N) is 1. The predicted molar refractivity (Wildman–Crippen MR) is 90.0 cm³/mol. The monoisotopic (exact) mass is 324 g/mol. The van der Waals surface area contributed by atoms with Gasteiger partial charge in [-0.15, -0.1) is 0 Å². The molecule has 1 amide bonds. The second-order valence-corrected chi connectivity index (χ2v) is 6.99. The minimum atomic E-state index is -0.110. The third-order valence-electron chi connectivity index (χ3n) is 5.37. The Kier molecular flexibility index (Phi) is 7.34. The summed E-state index contributed by atoms with van der Waals surface area (Å²) in [6, 6.07) is -0.110. The number of nitrogens with zero attached hydrogens (tertiary/aromatic N) is 1. The van der Waals surface area contributed by atoms with Crippen LogP contribution >= 0.6 is 0 Å². The maximum Gasteiger partial charge on any atom is 0.309 e. The molecule has 1 saturated carbocycles. The summed E-state index contributed by atoms with van der Waals surface area (Å²) in [5.41, 5.74) is 0. The van der Waals surface area contributed by atoms with Crippen LogP contribution in [0.5, 0.6) is 0 Å². The number of rotatable bonds is 6. The van der Waals surface area contributed by atoms with Gasteiger partial charge in [0, 0.05) is 6.54 Å². The van der Waals surface area contributed by atoms with Crippen LogP contribution in [0.4, 0.5) is 0 Å². The van der Waals surface area contributed by atoms with Gasteiger partial charge in [-0.1, -0.05) is 19.3 Å². The first kappa shape index (κ1) is 18.2. The number of amides is 1. The van der Waals surface area contributed by atoms with Gasteiger partial charge in [0.05, 0.1) is 18.6 Å². The van der Waals surface area contributed by atoms with Crippen LogP contribution in [0.3, 0.4) is 0 Å². The van der Waals surface area contributed by atoms with Crippen molar-refractivity contribution in [2.75, 3.05) is 26.2 Å². The van der Waals surface area contributed by atoms with Gasteiger partial charge in [0.25, 0.3) is 0 Å². The van der Waals surface area contributed by atoms with E-state index < -0.39 is 0 Å². The van der Waals surface area contributed by atoms with Crippen LogP contribution in [0, 0.1) is 11.8 Å². The summed E-state index contributed by atoms with van der Waals surface area (Å²) in [5.74, 6) is 0.713. The molecule has 2 fully saturated rings. The van der Waals surface area contributed by atoms with Gasteiger partial charge in [-0.25, -0.2) is 0 Å². The summed E-state index contributed by atoms with van der Waals surface area (Å²) in [4.78, 5) is 26.3. The molecule has 2 aliphatic rings. The molecular weight excluding hydrogens is 292 g/mol. The highest BCUT2D eigenvalue weighted by Crippen LogP contribution is 2.23. The summed E-state index contributed by atoms with van der Waals surface area (Å²) in [5, 5.41) is 3.13. The van der Waals surface area contributed by atoms with E-state index in [1.807, 2.05) is 13.8 Å². The molecule has 1 N–H and O–H groups in total. The third kappa shape index (κ3) is 5.48. The van der Waals surface area contributed by atoms with Crippen LogP contribution < -0.4 is 5.32 Å². The van der Waals surface area contributed by atoms with Crippen molar-refractivity contribution >= 4 is 11.9 Å². The van der Waals surface area contributed by atoms with Crippen molar-refractivity contribution in [2.45, 2.75) is 64.8 Å². The van der Waals surface area contributed by atoms with Gasteiger partial charge >= 0.3 is 5.97 Å². The summed E-state index contributed by atoms with van der Waals surface area (Å²) < 4.78 is 5.09. The zero-order valence-electron chi connectivity index (χ0n) is 14.7. The van der Waals surface area contributed by atoms with Crippen molar-refractivity contribution in [2.24, 2.45) is 11.8 Å². The van der Waals surface area contributed by atoms with Gasteiger partial charge < -0.3 is 10.1 Å². The highest BCUT2D eigenvalue weighted by molar-refractivity contribution is 5.81. The van der Waals surface area contributed by atoms with Gasteiger partial charge in [0.1, 0.15) is 0 Å². The van der Waals surface area contributed by atoms with E-state index in [9.17, 15) is 9.59 Å². The average Bonchev–Trinajstić information content (AvgIpc) is 2.60. The maximum absolute atomic E-state index is 12.4. The first-order valence-electron chi connectivity index (χ1n) is 9.30. The highest BCUT2D eigenvalue weighted by atomic mass is 16.5. The fraction of sp³-hybridized carbons (Fsp3) is 0.889. The topological polar surface area (TPSA) is 58.6 Å². The lowest BCUT2D eigenvalue weighted by Crippen LogP contribution is -2.49. The molecule has 1 aliphatic carbocycles. The van der Waals surface area contributed by atoms with Crippen LogP contribution in [-0.4, -0.2) is 49.1 Å². The molecule has 1 unspecified atom stereocenters. The van der Waals surface area contributed by atoms with E-state index in [-0.39, 0.29) is 23.8 Å². The van der Waals surface area contributed by atoms with Gasteiger partial charge in [0.15, 0.2) is 0 Å². The van der Waals surface area contributed by atoms with Crippen LogP contribution in [0.25, 0.3) is 0 Å². The molecule has 2 rings (SSSR count). The number of hydrogen-bond donors (Lipinski definition) is 1. The fourth-order valence-corrected chi connectivity index (χ4v) is 3.73. The van der Waals surface area contributed by atoms with E-state index in [0.29, 0.717) is 12.5 Å². The molecule has 5 heteroatoms. The molecule has 0 bridgehead atoms. The van der Waals surface area contributed by atoms with Crippen molar-refractivity contribution in [1.82, 2.24) is 10.2 Å². The standard InChI is InChI=1S/C18H32N2O3/c1-3-23-18(22)16-9-11-20(12-10-16)14(2)17(21)19-13-15-7-5-4-6-8-15/h14-16H,3-13H2,1-2H3,(H,19,21). The van der Waals surface area contributed by atoms with E-state index >= 15 is 0 Å². The second-order valence-electron chi connectivity index (χ2n) is 6.99. The molecule has 23 heavy (non-hydrogen) atoms. The van der Waals surface area contributed by atoms with Crippen LogP contribution in [-0.2, 0) is 14.3 Å². The molecule has 1 saturated heterocycles. The van der Waals surface area contributed by atoms with Crippen LogP contribution in [0.15, 0.2) is 0 Å². The number of piperidine rings is 1. The lowest BCUT2D eigenvalue weighted by atomic mass is 9.89. The Balaban J connectivity index is 1.69. The van der Waals surface area contributed by atoms with Gasteiger partial charge in [-0.3, -0.25) is 14.5 Å². The van der Waals surface area contributed by atoms with Crippen molar-refractivity contribution in [1.29, 1.82) is 0 Å². The molecule has 0 radical (unpaired) electrons. The first-order valence-corrected chi connectivity index (χ1v) is 9.30. The SMILES string of the molecule is CCOC(=O)C1CCN(C(C)C(=O)NCC2CCCCC2)CC1. The minimum Gasteiger partial charge on any atom is -0.466 e. The minimum absolute atomic E-state index is 0.00343. The number of esters is 1. The molecule has 0 aromatic carbocycles. The second kappa shape index (κ2) is 9.26. The number of ether oxygens (including phenoxy) is 1. The smallest absolute Gasteiger partial charge is 0.309 e. The third-order valence-corrected chi connectivity index (χ3v) is 5.37. The average molecular weight is 324 g/mol. The summed E-state index contributed by atoms with van der Waals surface area (Å²) in [6.45, 7) is 6.66. The summed E-state index contributed by atoms with van der Waals surface area (Å²) >= 11 is 0. The Labute approximate surface area is 140 Å². The quantitative estimate of drug-likeness (QED) is 0.762. The molecule has 1 heterocycles. The van der Waals surface area contributed by atoms with Crippen LogP contribution in [0.2, 0.25) is 0 Å². The van der Waals surface area contributed by atoms with Crippen molar-refractivity contribution in [3.63, 3.8) is 0 Å². The van der Waals surface area contributed by atoms with Gasteiger partial charge in [0.2, 0.25) is 5.91 Å². The number of likely N-dealkylation sites (tertiary alicyclic amines) is 1. The zero-order chi connectivity index (χ0) is 16.7. The van der Waals surface area contributed by atoms with Gasteiger partial charge in [-0.2, -0.15) is 0 Å². The molecule has 0 aromatic heterocycles. The van der Waals surface area contributed by atoms with E-state index in [0.717, 1.165) is 32.5 Å². The Morgan fingerprint density at radius 1 is 1.13 bits per heavy atom. The number of carbonyl (C=O) groups is 2. The van der Waals surface area contributed by atoms with E-state index in [2.05, 4.69) is 10.2 Å². The van der Waals surface area contributed by atoms with Crippen molar-refractivity contribution in [3.05, 3.63) is 0 Å². The molecule has 5 nitrogen and oxygen atoms in total. The molecule has 1 aliphatic heterocycles. The lowest BCUT2D eigenvalue weighted by molar-refractivity contribution is -0.149. The molecule has 0 spiro atoms. The summed E-state index contributed by atoms with van der Waals surface area (Å²) in [6.07, 6.45) is 8.03. The van der Waals surface area contributed by atoms with Crippen LogP contribution in [0.1, 0.15) is 58.8 Å². The lowest BCUT2D eigenvalue weighted by Gasteiger charge is -2.34. The Morgan fingerprint density at radius 3 is 2.39 bits per heavy atom. The molecule has 132 valence electrons. The van der Waals surface area contributed by atoms with Crippen molar-refractivity contribution in [3.8, 4) is 0 Å². The predicted octanol–water partition coefficient (Wildman–Crippen LogP) is 2.35. The molecule has 0 aromatic rings. The van der Waals surface area contributed by atoms with E-state index in [1.165, 1.54) is 32.1 Å². The van der Waals surface area contributed by atoms with E-state index in [4.69, 9.17) is 4.74 Å². The maximum atomic E-state index is 12.4. The summed E-state index contributed by atoms with van der Waals surface area (Å²) in [7, 11) is 0. The largest absolute Gasteiger partial charge is 0.466 e. The zero-order valence-corrected chi connectivity index (χ0v) is 14.7. The number of carbonyl (C=O) groups excluding carboxylic acids is 2. The first-order chi connectivity index (χ1) is 11.1. The fourth-order valence-electron chi connectivity index (χ4n) is 3.73. The Morgan fingerprint density at radius 2 is 1.78 bits per heavy atom. The van der Waals surface area contributed by atoms with E-state index in [1.54, 1.807) is 0 Å². The molecule has 1 atom stereocenters. The highest BCUT2D eigenvalue weighted by Gasteiger charge is 2.30. The number of hydrogen-bond acceptors (Lipinski definition) is 4. The Hall–Kier alpha value is -1.10. The molecular formula is C18H32N2O3. The normalized spacial score (nSPS) is 22.5. The van der Waals surface area contributed by atoms with Gasteiger partial charge in [-0.05, 0) is 58.5 Å². The van der Waals surface area contributed by atoms with Crippen molar-refractivity contribution < 1.29 is 14.3 Å².